The molecule has 1 heterocycles. The van der Waals surface area contributed by atoms with Crippen LogP contribution in [-0.4, -0.2) is 34.9 Å². The van der Waals surface area contributed by atoms with Gasteiger partial charge in [-0.1, -0.05) is 13.8 Å². The van der Waals surface area contributed by atoms with E-state index in [0.717, 1.165) is 24.6 Å². The topological polar surface area (TPSA) is 45.2 Å². The third-order valence-electron chi connectivity index (χ3n) is 3.00. The fourth-order valence-corrected chi connectivity index (χ4v) is 2.15. The Bertz CT molecular complexity index is 455. The zero-order valence-corrected chi connectivity index (χ0v) is 13.5. The van der Waals surface area contributed by atoms with Crippen LogP contribution in [0.2, 0.25) is 0 Å². The van der Waals surface area contributed by atoms with E-state index in [1.54, 1.807) is 0 Å². The van der Waals surface area contributed by atoms with Gasteiger partial charge in [-0.3, -0.25) is 4.79 Å². The lowest BCUT2D eigenvalue weighted by Gasteiger charge is -2.28. The molecule has 20 heavy (non-hydrogen) atoms. The molecule has 1 rings (SSSR count). The molecule has 0 bridgehead atoms. The molecule has 0 saturated heterocycles. The minimum Gasteiger partial charge on any atom is -0.370 e. The van der Waals surface area contributed by atoms with Gasteiger partial charge in [0.05, 0.1) is 0 Å². The summed E-state index contributed by atoms with van der Waals surface area (Å²) in [7, 11) is 0. The van der Waals surface area contributed by atoms with Crippen molar-refractivity contribution in [3.8, 4) is 0 Å². The van der Waals surface area contributed by atoms with Crippen LogP contribution < -0.4 is 5.32 Å². The molecule has 1 N–H and O–H groups in total. The Labute approximate surface area is 122 Å². The molecule has 0 aromatic carbocycles. The summed E-state index contributed by atoms with van der Waals surface area (Å²) in [5.74, 6) is 1.31. The Morgan fingerprint density at radius 2 is 1.95 bits per heavy atom. The third kappa shape index (κ3) is 4.51. The third-order valence-corrected chi connectivity index (χ3v) is 3.00. The van der Waals surface area contributed by atoms with Crippen molar-refractivity contribution >= 4 is 11.7 Å². The highest BCUT2D eigenvalue weighted by Gasteiger charge is 2.20. The second-order valence-electron chi connectivity index (χ2n) is 5.86. The maximum atomic E-state index is 12.7. The van der Waals surface area contributed by atoms with Gasteiger partial charge < -0.3 is 10.2 Å². The number of nitrogens with zero attached hydrogens (tertiary/aromatic N) is 2. The minimum absolute atomic E-state index is 0.0818. The van der Waals surface area contributed by atoms with Crippen LogP contribution in [0.15, 0.2) is 12.1 Å². The monoisotopic (exact) mass is 277 g/mol. The van der Waals surface area contributed by atoms with E-state index in [1.807, 2.05) is 30.9 Å². The van der Waals surface area contributed by atoms with Crippen molar-refractivity contribution in [2.24, 2.45) is 5.92 Å². The van der Waals surface area contributed by atoms with Crippen molar-refractivity contribution in [2.45, 2.75) is 47.6 Å². The zero-order valence-electron chi connectivity index (χ0n) is 13.5. The van der Waals surface area contributed by atoms with Gasteiger partial charge in [-0.15, -0.1) is 0 Å². The molecule has 0 aliphatic rings. The van der Waals surface area contributed by atoms with E-state index in [0.29, 0.717) is 11.5 Å². The number of rotatable bonds is 6. The van der Waals surface area contributed by atoms with Crippen molar-refractivity contribution in [1.29, 1.82) is 0 Å². The fourth-order valence-electron chi connectivity index (χ4n) is 2.15. The average Bonchev–Trinajstić information content (AvgIpc) is 2.34. The van der Waals surface area contributed by atoms with Gasteiger partial charge in [0.15, 0.2) is 0 Å². The summed E-state index contributed by atoms with van der Waals surface area (Å²) in [5.41, 5.74) is 1.57. The van der Waals surface area contributed by atoms with Crippen LogP contribution in [0.1, 0.15) is 50.7 Å². The molecule has 1 amide bonds. The fraction of sp³-hybridized carbons (Fsp3) is 0.625. The van der Waals surface area contributed by atoms with E-state index in [1.165, 1.54) is 0 Å². The number of pyridine rings is 1. The van der Waals surface area contributed by atoms with Crippen molar-refractivity contribution in [3.63, 3.8) is 0 Å². The molecule has 0 saturated carbocycles. The lowest BCUT2D eigenvalue weighted by molar-refractivity contribution is 0.0682. The Kier molecular flexibility index (Phi) is 5.99. The number of amides is 1. The maximum absolute atomic E-state index is 12.7. The van der Waals surface area contributed by atoms with Crippen LogP contribution in [0.3, 0.4) is 0 Å². The van der Waals surface area contributed by atoms with Gasteiger partial charge in [0, 0.05) is 30.4 Å². The zero-order chi connectivity index (χ0) is 15.3. The summed E-state index contributed by atoms with van der Waals surface area (Å²) in [5, 5.41) is 3.17. The second kappa shape index (κ2) is 7.27. The van der Waals surface area contributed by atoms with Gasteiger partial charge in [0.25, 0.3) is 5.91 Å². The number of carbonyl (C=O) groups is 1. The molecule has 1 aromatic heterocycles. The van der Waals surface area contributed by atoms with E-state index in [-0.39, 0.29) is 11.9 Å². The predicted molar refractivity (Wildman–Crippen MR) is 84.1 cm³/mol. The Balaban J connectivity index is 3.04. The van der Waals surface area contributed by atoms with Crippen molar-refractivity contribution in [3.05, 3.63) is 23.4 Å². The van der Waals surface area contributed by atoms with E-state index in [9.17, 15) is 4.79 Å². The molecule has 4 heteroatoms. The van der Waals surface area contributed by atoms with Crippen LogP contribution >= 0.6 is 0 Å². The number of aromatic nitrogens is 1. The number of hydrogen-bond donors (Lipinski definition) is 1. The van der Waals surface area contributed by atoms with E-state index < -0.39 is 0 Å². The molecular formula is C16H27N3O. The van der Waals surface area contributed by atoms with Gasteiger partial charge in [-0.05, 0) is 45.7 Å². The van der Waals surface area contributed by atoms with Crippen LogP contribution in [0.25, 0.3) is 0 Å². The molecule has 0 aliphatic carbocycles. The molecule has 0 fully saturated rings. The van der Waals surface area contributed by atoms with E-state index in [4.69, 9.17) is 0 Å². The molecule has 0 atom stereocenters. The smallest absolute Gasteiger partial charge is 0.254 e. The lowest BCUT2D eigenvalue weighted by Crippen LogP contribution is -2.39. The van der Waals surface area contributed by atoms with Gasteiger partial charge in [0.1, 0.15) is 5.82 Å². The summed E-state index contributed by atoms with van der Waals surface area (Å²) < 4.78 is 0. The van der Waals surface area contributed by atoms with E-state index >= 15 is 0 Å². The minimum atomic E-state index is 0.0818. The molecule has 0 unspecified atom stereocenters. The standard InChI is InChI=1S/C16H27N3O/c1-7-17-15-9-14(8-13(6)18-15)16(20)19(12(4)5)10-11(2)3/h8-9,11-12H,7,10H2,1-6H3,(H,17,18). The first-order valence-electron chi connectivity index (χ1n) is 7.38. The van der Waals surface area contributed by atoms with Crippen LogP contribution in [0.4, 0.5) is 5.82 Å². The van der Waals surface area contributed by atoms with Crippen LogP contribution in [-0.2, 0) is 0 Å². The maximum Gasteiger partial charge on any atom is 0.254 e. The number of hydrogen-bond acceptors (Lipinski definition) is 3. The first-order chi connectivity index (χ1) is 9.35. The van der Waals surface area contributed by atoms with Crippen molar-refractivity contribution < 1.29 is 4.79 Å². The highest BCUT2D eigenvalue weighted by atomic mass is 16.2. The average molecular weight is 277 g/mol. The Morgan fingerprint density at radius 1 is 1.30 bits per heavy atom. The van der Waals surface area contributed by atoms with Gasteiger partial charge >= 0.3 is 0 Å². The van der Waals surface area contributed by atoms with Crippen molar-refractivity contribution in [2.75, 3.05) is 18.4 Å². The highest BCUT2D eigenvalue weighted by molar-refractivity contribution is 5.95. The quantitative estimate of drug-likeness (QED) is 0.867. The number of carbonyl (C=O) groups excluding carboxylic acids is 1. The van der Waals surface area contributed by atoms with Crippen LogP contribution in [0.5, 0.6) is 0 Å². The first-order valence-corrected chi connectivity index (χ1v) is 7.38. The molecule has 0 aliphatic heterocycles. The summed E-state index contributed by atoms with van der Waals surface area (Å²) in [6.45, 7) is 13.9. The predicted octanol–water partition coefficient (Wildman–Crippen LogP) is 3.33. The number of anilines is 1. The molecule has 112 valence electrons. The molecule has 1 aromatic rings. The van der Waals surface area contributed by atoms with E-state index in [2.05, 4.69) is 38.0 Å². The number of nitrogens with one attached hydrogen (secondary N) is 1. The van der Waals surface area contributed by atoms with Crippen LogP contribution in [0, 0.1) is 12.8 Å². The summed E-state index contributed by atoms with van der Waals surface area (Å²) in [4.78, 5) is 19.0. The largest absolute Gasteiger partial charge is 0.370 e. The number of aryl methyl sites for hydroxylation is 1. The first kappa shape index (κ1) is 16.5. The Morgan fingerprint density at radius 3 is 2.45 bits per heavy atom. The summed E-state index contributed by atoms with van der Waals surface area (Å²) in [6, 6.07) is 3.90. The molecule has 4 nitrogen and oxygen atoms in total. The second-order valence-corrected chi connectivity index (χ2v) is 5.86. The normalized spacial score (nSPS) is 11.0. The lowest BCUT2D eigenvalue weighted by atomic mass is 10.1. The van der Waals surface area contributed by atoms with Gasteiger partial charge in [-0.25, -0.2) is 4.98 Å². The van der Waals surface area contributed by atoms with Gasteiger partial charge in [0.2, 0.25) is 0 Å². The highest BCUT2D eigenvalue weighted by Crippen LogP contribution is 2.15. The summed E-state index contributed by atoms with van der Waals surface area (Å²) in [6.07, 6.45) is 0. The van der Waals surface area contributed by atoms with Crippen molar-refractivity contribution in [1.82, 2.24) is 9.88 Å². The van der Waals surface area contributed by atoms with Gasteiger partial charge in [-0.2, -0.15) is 0 Å². The Hall–Kier alpha value is -1.58. The molecular weight excluding hydrogens is 250 g/mol. The molecule has 0 radical (unpaired) electrons. The summed E-state index contributed by atoms with van der Waals surface area (Å²) >= 11 is 0. The SMILES string of the molecule is CCNc1cc(C(=O)N(CC(C)C)C(C)C)cc(C)n1. The molecule has 0 spiro atoms.